The zero-order chi connectivity index (χ0) is 31.2. The van der Waals surface area contributed by atoms with Crippen molar-refractivity contribution in [2.45, 2.75) is 17.9 Å². The summed E-state index contributed by atoms with van der Waals surface area (Å²) >= 11 is 0. The zero-order valence-electron chi connectivity index (χ0n) is 24.0. The van der Waals surface area contributed by atoms with Crippen molar-refractivity contribution in [2.24, 2.45) is 0 Å². The maximum absolute atomic E-state index is 15.1. The lowest BCUT2D eigenvalue weighted by molar-refractivity contribution is -0.148. The predicted molar refractivity (Wildman–Crippen MR) is 166 cm³/mol. The van der Waals surface area contributed by atoms with Crippen molar-refractivity contribution < 1.29 is 23.5 Å². The highest BCUT2D eigenvalue weighted by molar-refractivity contribution is 6.03. The lowest BCUT2D eigenvalue weighted by Gasteiger charge is -2.37. The molecule has 4 aromatic carbocycles. The standard InChI is InChI=1S/C36H28FN3O5/c37-29-23-32(40-22-21-31(39-35(40)43)38-34(42)25-13-5-1-6-14-25)45-30(33(29)41)24-44-36(26-15-7-2-8-16-26,27-17-9-3-10-18-27)28-19-11-4-12-20-28/h1-23,30,32H,24H2,(H,38,39,42,43)/t30-,32-/m1/s1. The van der Waals surface area contributed by atoms with E-state index >= 15 is 4.39 Å². The largest absolute Gasteiger partial charge is 0.358 e. The molecule has 0 radical (unpaired) electrons. The van der Waals surface area contributed by atoms with Crippen LogP contribution in [0, 0.1) is 0 Å². The monoisotopic (exact) mass is 601 g/mol. The molecule has 6 rings (SSSR count). The minimum Gasteiger partial charge on any atom is -0.358 e. The van der Waals surface area contributed by atoms with Gasteiger partial charge in [-0.3, -0.25) is 14.2 Å². The molecular formula is C36H28FN3O5. The van der Waals surface area contributed by atoms with Crippen LogP contribution in [-0.2, 0) is 19.9 Å². The average molecular weight is 602 g/mol. The number of hydrogen-bond acceptors (Lipinski definition) is 6. The normalized spacial score (nSPS) is 16.6. The first-order valence-electron chi connectivity index (χ1n) is 14.3. The summed E-state index contributed by atoms with van der Waals surface area (Å²) in [6.45, 7) is -0.331. The van der Waals surface area contributed by atoms with Gasteiger partial charge < -0.3 is 14.8 Å². The van der Waals surface area contributed by atoms with Crippen molar-refractivity contribution in [3.8, 4) is 0 Å². The highest BCUT2D eigenvalue weighted by Crippen LogP contribution is 2.41. The Labute approximate surface area is 258 Å². The number of benzene rings is 4. The molecule has 0 bridgehead atoms. The highest BCUT2D eigenvalue weighted by Gasteiger charge is 2.41. The maximum atomic E-state index is 15.1. The molecule has 0 aliphatic carbocycles. The van der Waals surface area contributed by atoms with Crippen molar-refractivity contribution in [1.82, 2.24) is 9.55 Å². The van der Waals surface area contributed by atoms with Crippen LogP contribution in [0.25, 0.3) is 0 Å². The number of halogens is 1. The summed E-state index contributed by atoms with van der Waals surface area (Å²) in [6, 6.07) is 38.5. The zero-order valence-corrected chi connectivity index (χ0v) is 24.0. The lowest BCUT2D eigenvalue weighted by Crippen LogP contribution is -2.42. The molecule has 1 aliphatic heterocycles. The number of nitrogens with zero attached hydrogens (tertiary/aromatic N) is 2. The van der Waals surface area contributed by atoms with Gasteiger partial charge in [-0.2, -0.15) is 4.98 Å². The third-order valence-corrected chi connectivity index (χ3v) is 7.49. The fraction of sp³-hybridized carbons (Fsp3) is 0.111. The molecule has 1 amide bonds. The number of ketones is 1. The topological polar surface area (TPSA) is 99.5 Å². The summed E-state index contributed by atoms with van der Waals surface area (Å²) in [5, 5.41) is 2.57. The molecule has 224 valence electrons. The van der Waals surface area contributed by atoms with Crippen molar-refractivity contribution >= 4 is 17.5 Å². The number of ether oxygens (including phenoxy) is 2. The van der Waals surface area contributed by atoms with Crippen LogP contribution < -0.4 is 11.0 Å². The Morgan fingerprint density at radius 1 is 0.800 bits per heavy atom. The fourth-order valence-corrected chi connectivity index (χ4v) is 5.31. The summed E-state index contributed by atoms with van der Waals surface area (Å²) in [7, 11) is 0. The van der Waals surface area contributed by atoms with E-state index in [4.69, 9.17) is 9.47 Å². The van der Waals surface area contributed by atoms with Gasteiger partial charge in [-0.05, 0) is 34.9 Å². The smallest absolute Gasteiger partial charge is 0.351 e. The van der Waals surface area contributed by atoms with Gasteiger partial charge in [-0.25, -0.2) is 9.18 Å². The van der Waals surface area contributed by atoms with Crippen molar-refractivity contribution in [1.29, 1.82) is 0 Å². The molecule has 2 heterocycles. The molecule has 5 aromatic rings. The van der Waals surface area contributed by atoms with Gasteiger partial charge in [0.15, 0.2) is 12.1 Å². The first kappa shape index (κ1) is 29.6. The average Bonchev–Trinajstić information content (AvgIpc) is 3.09. The molecule has 0 saturated heterocycles. The number of nitrogens with one attached hydrogen (secondary N) is 1. The van der Waals surface area contributed by atoms with Crippen molar-refractivity contribution in [3.05, 3.63) is 178 Å². The molecule has 0 fully saturated rings. The summed E-state index contributed by atoms with van der Waals surface area (Å²) in [5.74, 6) is -2.39. The van der Waals surface area contributed by atoms with Crippen LogP contribution in [0.4, 0.5) is 10.2 Å². The van der Waals surface area contributed by atoms with Crippen molar-refractivity contribution in [3.63, 3.8) is 0 Å². The second kappa shape index (κ2) is 13.0. The van der Waals surface area contributed by atoms with Crippen molar-refractivity contribution in [2.75, 3.05) is 11.9 Å². The highest BCUT2D eigenvalue weighted by atomic mass is 19.1. The van der Waals surface area contributed by atoms with E-state index in [2.05, 4.69) is 10.3 Å². The van der Waals surface area contributed by atoms with Gasteiger partial charge in [-0.15, -0.1) is 0 Å². The number of amides is 1. The molecule has 1 N–H and O–H groups in total. The number of carbonyl (C=O) groups is 2. The Morgan fingerprint density at radius 2 is 1.31 bits per heavy atom. The minimum absolute atomic E-state index is 0.0136. The van der Waals surface area contributed by atoms with Crippen LogP contribution in [0.15, 0.2) is 150 Å². The van der Waals surface area contributed by atoms with E-state index in [0.29, 0.717) is 5.56 Å². The van der Waals surface area contributed by atoms with E-state index in [1.807, 2.05) is 91.0 Å². The molecule has 1 aliphatic rings. The van der Waals surface area contributed by atoms with Gasteiger partial charge in [0.25, 0.3) is 5.91 Å². The second-order valence-corrected chi connectivity index (χ2v) is 10.3. The summed E-state index contributed by atoms with van der Waals surface area (Å²) < 4.78 is 28.8. The number of Topliss-reactive ketones (excluding diaryl/α,β-unsaturated/α-hetero) is 1. The SMILES string of the molecule is O=C(Nc1ccn([C@H]2C=C(F)C(=O)[C@@H](COC(c3ccccc3)(c3ccccc3)c3ccccc3)O2)c(=O)n1)c1ccccc1. The second-order valence-electron chi connectivity index (χ2n) is 10.3. The van der Waals surface area contributed by atoms with E-state index in [-0.39, 0.29) is 12.4 Å². The number of hydrogen-bond donors (Lipinski definition) is 1. The Balaban J connectivity index is 1.28. The molecule has 2 atom stereocenters. The molecule has 1 aromatic heterocycles. The molecule has 8 nitrogen and oxygen atoms in total. The Bertz CT molecular complexity index is 1780. The van der Waals surface area contributed by atoms with Crippen LogP contribution in [0.2, 0.25) is 0 Å². The van der Waals surface area contributed by atoms with E-state index in [1.54, 1.807) is 30.3 Å². The summed E-state index contributed by atoms with van der Waals surface area (Å²) in [4.78, 5) is 42.4. The van der Waals surface area contributed by atoms with Gasteiger partial charge in [0, 0.05) is 17.8 Å². The third-order valence-electron chi connectivity index (χ3n) is 7.49. The van der Waals surface area contributed by atoms with Crippen LogP contribution >= 0.6 is 0 Å². The quantitative estimate of drug-likeness (QED) is 0.214. The Hall–Kier alpha value is -5.51. The first-order chi connectivity index (χ1) is 22.0. The predicted octanol–water partition coefficient (Wildman–Crippen LogP) is 5.82. The van der Waals surface area contributed by atoms with Gasteiger partial charge in [0.1, 0.15) is 17.5 Å². The molecule has 0 spiro atoms. The molecule has 45 heavy (non-hydrogen) atoms. The minimum atomic E-state index is -1.38. The molecular weight excluding hydrogens is 573 g/mol. The Morgan fingerprint density at radius 3 is 1.82 bits per heavy atom. The van der Waals surface area contributed by atoms with E-state index in [9.17, 15) is 14.4 Å². The van der Waals surface area contributed by atoms with Gasteiger partial charge in [0.2, 0.25) is 5.78 Å². The van der Waals surface area contributed by atoms with Crippen LogP contribution in [-0.4, -0.2) is 34.0 Å². The first-order valence-corrected chi connectivity index (χ1v) is 14.3. The Kier molecular flexibility index (Phi) is 8.54. The van der Waals surface area contributed by atoms with E-state index < -0.39 is 41.1 Å². The number of rotatable bonds is 9. The summed E-state index contributed by atoms with van der Waals surface area (Å²) in [5.41, 5.74) is 0.807. The van der Waals surface area contributed by atoms with Gasteiger partial charge in [-0.1, -0.05) is 109 Å². The van der Waals surface area contributed by atoms with Crippen LogP contribution in [0.1, 0.15) is 33.3 Å². The molecule has 0 unspecified atom stereocenters. The van der Waals surface area contributed by atoms with Crippen LogP contribution in [0.3, 0.4) is 0 Å². The third kappa shape index (κ3) is 6.12. The number of carbonyl (C=O) groups excluding carboxylic acids is 2. The lowest BCUT2D eigenvalue weighted by atomic mass is 9.80. The van der Waals surface area contributed by atoms with E-state index in [0.717, 1.165) is 27.3 Å². The maximum Gasteiger partial charge on any atom is 0.351 e. The molecule has 0 saturated carbocycles. The fourth-order valence-electron chi connectivity index (χ4n) is 5.31. The summed E-state index contributed by atoms with van der Waals surface area (Å²) in [6.07, 6.45) is -0.418. The molecule has 9 heteroatoms. The van der Waals surface area contributed by atoms with Crippen LogP contribution in [0.5, 0.6) is 0 Å². The van der Waals surface area contributed by atoms with Gasteiger partial charge >= 0.3 is 5.69 Å². The van der Waals surface area contributed by atoms with E-state index in [1.165, 1.54) is 12.3 Å². The number of anilines is 1. The van der Waals surface area contributed by atoms with Gasteiger partial charge in [0.05, 0.1) is 6.61 Å². The number of aromatic nitrogens is 2.